The van der Waals surface area contributed by atoms with E-state index in [1.54, 1.807) is 0 Å². The molecule has 174 valence electrons. The van der Waals surface area contributed by atoms with Gasteiger partial charge >= 0.3 is 0 Å². The molecule has 5 nitrogen and oxygen atoms in total. The first kappa shape index (κ1) is 22.5. The molecule has 2 aromatic carbocycles. The molecule has 1 N–H and O–H groups in total. The summed E-state index contributed by atoms with van der Waals surface area (Å²) in [6.45, 7) is 2.86. The Kier molecular flexibility index (Phi) is 6.33. The molecule has 0 saturated heterocycles. The van der Waals surface area contributed by atoms with E-state index >= 15 is 0 Å². The van der Waals surface area contributed by atoms with Gasteiger partial charge in [-0.05, 0) is 67.1 Å². The van der Waals surface area contributed by atoms with Crippen LogP contribution in [0.5, 0.6) is 0 Å². The van der Waals surface area contributed by atoms with Crippen LogP contribution in [0.25, 0.3) is 21.8 Å². The van der Waals surface area contributed by atoms with Gasteiger partial charge in [0.15, 0.2) is 0 Å². The lowest BCUT2D eigenvalue weighted by atomic mass is 9.84. The van der Waals surface area contributed by atoms with Crippen LogP contribution < -0.4 is 0 Å². The number of oxime groups is 1. The number of hydrogen-bond acceptors (Lipinski definition) is 5. The van der Waals surface area contributed by atoms with Gasteiger partial charge in [-0.3, -0.25) is 9.59 Å². The number of aryl methyl sites for hydroxylation is 1. The average Bonchev–Trinajstić information content (AvgIpc) is 3.53. The molecule has 0 amide bonds. The van der Waals surface area contributed by atoms with Crippen molar-refractivity contribution in [2.45, 2.75) is 52.0 Å². The number of Topliss-reactive ketones (excluding diaryl/α,β-unsaturated/α-hetero) is 1. The van der Waals surface area contributed by atoms with E-state index in [2.05, 4.69) is 16.6 Å². The van der Waals surface area contributed by atoms with Gasteiger partial charge in [-0.25, -0.2) is 0 Å². The highest BCUT2D eigenvalue weighted by molar-refractivity contribution is 7.12. The van der Waals surface area contributed by atoms with E-state index in [0.29, 0.717) is 28.3 Å². The Morgan fingerprint density at radius 3 is 2.29 bits per heavy atom. The third-order valence-corrected chi connectivity index (χ3v) is 7.91. The second kappa shape index (κ2) is 9.55. The molecule has 5 rings (SSSR count). The van der Waals surface area contributed by atoms with Crippen molar-refractivity contribution in [2.24, 2.45) is 11.1 Å². The summed E-state index contributed by atoms with van der Waals surface area (Å²) >= 11 is 1.43. The summed E-state index contributed by atoms with van der Waals surface area (Å²) in [5.41, 5.74) is 3.43. The minimum atomic E-state index is -0.224. The quantitative estimate of drug-likeness (QED) is 0.135. The molecule has 2 aromatic heterocycles. The van der Waals surface area contributed by atoms with Crippen molar-refractivity contribution in [1.82, 2.24) is 4.57 Å². The molecule has 2 heterocycles. The number of hydrogen-bond donors (Lipinski definition) is 1. The number of rotatable bonds is 7. The Hall–Kier alpha value is -3.25. The molecular formula is C28H28N2O3S. The predicted octanol–water partition coefficient (Wildman–Crippen LogP) is 7.09. The highest BCUT2D eigenvalue weighted by Crippen LogP contribution is 2.32. The maximum absolute atomic E-state index is 13.3. The van der Waals surface area contributed by atoms with Gasteiger partial charge in [0.2, 0.25) is 11.6 Å². The van der Waals surface area contributed by atoms with E-state index < -0.39 is 0 Å². The molecule has 1 fully saturated rings. The molecule has 1 aliphatic rings. The van der Waals surface area contributed by atoms with Crippen molar-refractivity contribution in [2.75, 3.05) is 0 Å². The molecule has 34 heavy (non-hydrogen) atoms. The lowest BCUT2D eigenvalue weighted by Crippen LogP contribution is -2.20. The molecule has 0 spiro atoms. The molecule has 1 aliphatic carbocycles. The van der Waals surface area contributed by atoms with Gasteiger partial charge in [0, 0.05) is 39.5 Å². The van der Waals surface area contributed by atoms with Crippen molar-refractivity contribution in [1.29, 1.82) is 0 Å². The molecule has 0 radical (unpaired) electrons. The summed E-state index contributed by atoms with van der Waals surface area (Å²) < 4.78 is 2.20. The van der Waals surface area contributed by atoms with Crippen LogP contribution in [0.1, 0.15) is 71.0 Å². The Bertz CT molecular complexity index is 1390. The SMILES string of the molecule is CCn1c2ccc(C(=O)C(CC3CCCCC3)=NO)cc2c2cc(C(=O)c3cccs3)ccc21. The van der Waals surface area contributed by atoms with E-state index in [1.165, 1.54) is 30.6 Å². The van der Waals surface area contributed by atoms with Gasteiger partial charge < -0.3 is 9.77 Å². The normalized spacial score (nSPS) is 15.3. The predicted molar refractivity (Wildman–Crippen MR) is 138 cm³/mol. The average molecular weight is 473 g/mol. The standard InChI is InChI=1S/C28H28N2O3S/c1-2-30-24-12-10-19(27(31)23(29-33)15-18-7-4-3-5-8-18)16-21(24)22-17-20(11-13-25(22)30)28(32)26-9-6-14-34-26/h6,9-14,16-18,33H,2-5,7-8,15H2,1H3. The number of thiophene rings is 1. The number of fused-ring (bicyclic) bond motifs is 3. The Labute approximate surface area is 202 Å². The van der Waals surface area contributed by atoms with Crippen LogP contribution in [-0.4, -0.2) is 27.1 Å². The molecule has 0 bridgehead atoms. The van der Waals surface area contributed by atoms with Crippen LogP contribution in [0.4, 0.5) is 0 Å². The molecule has 4 aromatic rings. The third kappa shape index (κ3) is 4.07. The first-order valence-corrected chi connectivity index (χ1v) is 12.9. The lowest BCUT2D eigenvalue weighted by Gasteiger charge is -2.21. The van der Waals surface area contributed by atoms with E-state index in [-0.39, 0.29) is 17.3 Å². The molecular weight excluding hydrogens is 444 g/mol. The summed E-state index contributed by atoms with van der Waals surface area (Å²) in [7, 11) is 0. The molecule has 1 saturated carbocycles. The number of nitrogens with zero attached hydrogens (tertiary/aromatic N) is 2. The summed E-state index contributed by atoms with van der Waals surface area (Å²) in [5, 5.41) is 16.8. The summed E-state index contributed by atoms with van der Waals surface area (Å²) in [4.78, 5) is 27.0. The van der Waals surface area contributed by atoms with Gasteiger partial charge in [-0.1, -0.05) is 43.3 Å². The molecule has 0 unspecified atom stereocenters. The van der Waals surface area contributed by atoms with Gasteiger partial charge in [0.05, 0.1) is 4.88 Å². The van der Waals surface area contributed by atoms with E-state index in [0.717, 1.165) is 41.2 Å². The highest BCUT2D eigenvalue weighted by Gasteiger charge is 2.23. The Balaban J connectivity index is 1.55. The van der Waals surface area contributed by atoms with E-state index in [9.17, 15) is 14.8 Å². The zero-order valence-electron chi connectivity index (χ0n) is 19.3. The number of ketones is 2. The topological polar surface area (TPSA) is 71.7 Å². The maximum Gasteiger partial charge on any atom is 0.210 e. The first-order chi connectivity index (χ1) is 16.6. The zero-order valence-corrected chi connectivity index (χ0v) is 20.1. The van der Waals surface area contributed by atoms with Crippen LogP contribution in [0.2, 0.25) is 0 Å². The lowest BCUT2D eigenvalue weighted by molar-refractivity contribution is 0.103. The molecule has 0 aliphatic heterocycles. The van der Waals surface area contributed by atoms with Crippen LogP contribution in [0, 0.1) is 5.92 Å². The maximum atomic E-state index is 13.3. The van der Waals surface area contributed by atoms with E-state index in [1.807, 2.05) is 53.9 Å². The summed E-state index contributed by atoms with van der Waals surface area (Å²) in [6, 6.07) is 15.2. The second-order valence-corrected chi connectivity index (χ2v) is 10.0. The van der Waals surface area contributed by atoms with Crippen molar-refractivity contribution in [3.05, 3.63) is 69.9 Å². The molecule has 0 atom stereocenters. The van der Waals surface area contributed by atoms with Gasteiger partial charge in [-0.2, -0.15) is 0 Å². The third-order valence-electron chi connectivity index (χ3n) is 7.04. The number of carbonyl (C=O) groups excluding carboxylic acids is 2. The Morgan fingerprint density at radius 2 is 1.68 bits per heavy atom. The van der Waals surface area contributed by atoms with Crippen LogP contribution in [-0.2, 0) is 6.54 Å². The van der Waals surface area contributed by atoms with Gasteiger partial charge in [0.1, 0.15) is 5.71 Å². The van der Waals surface area contributed by atoms with Gasteiger partial charge in [-0.15, -0.1) is 11.3 Å². The first-order valence-electron chi connectivity index (χ1n) is 12.0. The highest BCUT2D eigenvalue weighted by atomic mass is 32.1. The number of aromatic nitrogens is 1. The minimum Gasteiger partial charge on any atom is -0.411 e. The largest absolute Gasteiger partial charge is 0.411 e. The van der Waals surface area contributed by atoms with Crippen molar-refractivity contribution in [3.63, 3.8) is 0 Å². The fourth-order valence-corrected chi connectivity index (χ4v) is 5.97. The fraction of sp³-hybridized carbons (Fsp3) is 0.321. The van der Waals surface area contributed by atoms with Crippen molar-refractivity contribution >= 4 is 50.4 Å². The van der Waals surface area contributed by atoms with Crippen LogP contribution in [0.3, 0.4) is 0 Å². The van der Waals surface area contributed by atoms with Crippen LogP contribution >= 0.6 is 11.3 Å². The monoisotopic (exact) mass is 472 g/mol. The number of benzene rings is 2. The number of carbonyl (C=O) groups is 2. The van der Waals surface area contributed by atoms with E-state index in [4.69, 9.17) is 0 Å². The second-order valence-electron chi connectivity index (χ2n) is 9.10. The zero-order chi connectivity index (χ0) is 23.7. The smallest absolute Gasteiger partial charge is 0.210 e. The fourth-order valence-electron chi connectivity index (χ4n) is 5.29. The van der Waals surface area contributed by atoms with Crippen molar-refractivity contribution in [3.8, 4) is 0 Å². The van der Waals surface area contributed by atoms with Crippen molar-refractivity contribution < 1.29 is 14.8 Å². The summed E-state index contributed by atoms with van der Waals surface area (Å²) in [5.74, 6) is 0.182. The van der Waals surface area contributed by atoms with Gasteiger partial charge in [0.25, 0.3) is 0 Å². The molecule has 6 heteroatoms. The Morgan fingerprint density at radius 1 is 1.00 bits per heavy atom. The van der Waals surface area contributed by atoms with Crippen LogP contribution in [0.15, 0.2) is 59.1 Å². The minimum absolute atomic E-state index is 0.00344. The summed E-state index contributed by atoms with van der Waals surface area (Å²) in [6.07, 6.45) is 6.26.